The van der Waals surface area contributed by atoms with E-state index >= 15 is 0 Å². The highest BCUT2D eigenvalue weighted by molar-refractivity contribution is 6.30. The zero-order chi connectivity index (χ0) is 16.1. The molecule has 3 aromatic rings. The smallest absolute Gasteiger partial charge is 0.0413 e. The maximum absolute atomic E-state index is 6.20. The second-order valence-electron chi connectivity index (χ2n) is 5.41. The van der Waals surface area contributed by atoms with Gasteiger partial charge >= 0.3 is 0 Å². The van der Waals surface area contributed by atoms with E-state index in [0.29, 0.717) is 5.02 Å². The molecule has 0 heterocycles. The van der Waals surface area contributed by atoms with Gasteiger partial charge in [0.15, 0.2) is 0 Å². The Kier molecular flexibility index (Phi) is 4.80. The summed E-state index contributed by atoms with van der Waals surface area (Å²) in [6, 6.07) is 26.3. The molecule has 3 rings (SSSR count). The number of rotatable bonds is 4. The molecule has 0 unspecified atom stereocenters. The van der Waals surface area contributed by atoms with Gasteiger partial charge in [-0.1, -0.05) is 78.3 Å². The van der Waals surface area contributed by atoms with Crippen molar-refractivity contribution in [2.75, 3.05) is 5.73 Å². The van der Waals surface area contributed by atoms with Gasteiger partial charge in [-0.2, -0.15) is 0 Å². The highest BCUT2D eigenvalue weighted by Gasteiger charge is 2.09. The molecule has 0 spiro atoms. The number of hydrogen-bond acceptors (Lipinski definition) is 1. The minimum atomic E-state index is 0.691. The molecule has 0 fully saturated rings. The second-order valence-corrected chi connectivity index (χ2v) is 5.84. The van der Waals surface area contributed by atoms with Crippen molar-refractivity contribution < 1.29 is 0 Å². The summed E-state index contributed by atoms with van der Waals surface area (Å²) in [5, 5.41) is 0.691. The van der Waals surface area contributed by atoms with Crippen LogP contribution in [0.15, 0.2) is 84.9 Å². The van der Waals surface area contributed by atoms with Crippen LogP contribution in [0.25, 0.3) is 5.57 Å². The molecule has 0 aromatic heterocycles. The Morgan fingerprint density at radius 2 is 1.52 bits per heavy atom. The lowest BCUT2D eigenvalue weighted by atomic mass is 9.94. The molecular weight excluding hydrogens is 302 g/mol. The first-order valence-corrected chi connectivity index (χ1v) is 7.97. The largest absolute Gasteiger partial charge is 0.398 e. The number of anilines is 1. The second kappa shape index (κ2) is 7.17. The molecule has 3 aromatic carbocycles. The molecule has 0 amide bonds. The third kappa shape index (κ3) is 3.82. The van der Waals surface area contributed by atoms with Crippen LogP contribution in [0.1, 0.15) is 16.7 Å². The van der Waals surface area contributed by atoms with Crippen molar-refractivity contribution in [1.29, 1.82) is 0 Å². The Morgan fingerprint density at radius 1 is 0.870 bits per heavy atom. The Bertz CT molecular complexity index is 808. The van der Waals surface area contributed by atoms with E-state index in [0.717, 1.165) is 28.8 Å². The molecule has 0 atom stereocenters. The predicted octanol–water partition coefficient (Wildman–Crippen LogP) is 5.60. The first kappa shape index (κ1) is 15.4. The van der Waals surface area contributed by atoms with E-state index in [2.05, 4.69) is 42.5 Å². The van der Waals surface area contributed by atoms with Gasteiger partial charge < -0.3 is 5.73 Å². The average Bonchev–Trinajstić information content (AvgIpc) is 2.60. The standard InChI is InChI=1S/C21H18ClN/c22-18-12-14-21(23)20(15-18)19(17-9-5-2-6-10-17)13-11-16-7-3-1-4-8-16/h1-10,12-15H,11,23H2. The van der Waals surface area contributed by atoms with Crippen molar-refractivity contribution in [3.8, 4) is 0 Å². The number of hydrogen-bond donors (Lipinski definition) is 1. The number of nitrogens with two attached hydrogens (primary N) is 1. The van der Waals surface area contributed by atoms with Gasteiger partial charge in [0.2, 0.25) is 0 Å². The van der Waals surface area contributed by atoms with Gasteiger partial charge in [0.25, 0.3) is 0 Å². The summed E-state index contributed by atoms with van der Waals surface area (Å²) in [4.78, 5) is 0. The first-order valence-electron chi connectivity index (χ1n) is 7.59. The molecule has 0 aliphatic heterocycles. The lowest BCUT2D eigenvalue weighted by molar-refractivity contribution is 1.27. The Labute approximate surface area is 142 Å². The summed E-state index contributed by atoms with van der Waals surface area (Å²) < 4.78 is 0. The Hall–Kier alpha value is -2.51. The molecule has 0 saturated carbocycles. The molecule has 0 radical (unpaired) electrons. The molecular formula is C21H18ClN. The van der Waals surface area contributed by atoms with E-state index < -0.39 is 0 Å². The summed E-state index contributed by atoms with van der Waals surface area (Å²) in [5.41, 5.74) is 11.4. The van der Waals surface area contributed by atoms with E-state index in [9.17, 15) is 0 Å². The maximum Gasteiger partial charge on any atom is 0.0413 e. The fourth-order valence-electron chi connectivity index (χ4n) is 2.60. The number of allylic oxidation sites excluding steroid dienone is 1. The molecule has 0 aliphatic rings. The van der Waals surface area contributed by atoms with Crippen LogP contribution in [0.2, 0.25) is 5.02 Å². The van der Waals surface area contributed by atoms with E-state index in [1.54, 1.807) is 0 Å². The molecule has 2 N–H and O–H groups in total. The molecule has 23 heavy (non-hydrogen) atoms. The van der Waals surface area contributed by atoms with Crippen LogP contribution < -0.4 is 5.73 Å². The SMILES string of the molecule is Nc1ccc(Cl)cc1C(=CCc1ccccc1)c1ccccc1. The van der Waals surface area contributed by atoms with Gasteiger partial charge in [-0.3, -0.25) is 0 Å². The Morgan fingerprint density at radius 3 is 2.22 bits per heavy atom. The van der Waals surface area contributed by atoms with Crippen LogP contribution in [0.5, 0.6) is 0 Å². The van der Waals surface area contributed by atoms with E-state index in [1.165, 1.54) is 5.56 Å². The quantitative estimate of drug-likeness (QED) is 0.623. The zero-order valence-corrected chi connectivity index (χ0v) is 13.5. The monoisotopic (exact) mass is 319 g/mol. The van der Waals surface area contributed by atoms with Gasteiger partial charge in [0, 0.05) is 16.3 Å². The summed E-state index contributed by atoms with van der Waals surface area (Å²) in [5.74, 6) is 0. The van der Waals surface area contributed by atoms with Gasteiger partial charge in [-0.05, 0) is 41.3 Å². The van der Waals surface area contributed by atoms with Crippen LogP contribution in [-0.4, -0.2) is 0 Å². The minimum Gasteiger partial charge on any atom is -0.398 e. The third-order valence-corrected chi connectivity index (χ3v) is 4.01. The van der Waals surface area contributed by atoms with E-state index in [1.807, 2.05) is 42.5 Å². The summed E-state index contributed by atoms with van der Waals surface area (Å²) >= 11 is 6.18. The highest BCUT2D eigenvalue weighted by atomic mass is 35.5. The van der Waals surface area contributed by atoms with Gasteiger partial charge in [0.05, 0.1) is 0 Å². The molecule has 0 bridgehead atoms. The van der Waals surface area contributed by atoms with E-state index in [4.69, 9.17) is 17.3 Å². The molecule has 1 nitrogen and oxygen atoms in total. The molecule has 2 heteroatoms. The molecule has 0 saturated heterocycles. The van der Waals surface area contributed by atoms with Crippen LogP contribution in [-0.2, 0) is 6.42 Å². The van der Waals surface area contributed by atoms with Gasteiger partial charge in [0.1, 0.15) is 0 Å². The van der Waals surface area contributed by atoms with Crippen LogP contribution in [0.3, 0.4) is 0 Å². The van der Waals surface area contributed by atoms with Crippen LogP contribution in [0.4, 0.5) is 5.69 Å². The number of nitrogen functional groups attached to an aromatic ring is 1. The van der Waals surface area contributed by atoms with Crippen molar-refractivity contribution in [3.05, 3.63) is 107 Å². The number of halogens is 1. The van der Waals surface area contributed by atoms with E-state index in [-0.39, 0.29) is 0 Å². The lowest BCUT2D eigenvalue weighted by Gasteiger charge is -2.12. The summed E-state index contributed by atoms with van der Waals surface area (Å²) in [6.07, 6.45) is 3.06. The minimum absolute atomic E-state index is 0.691. The Balaban J connectivity index is 2.05. The third-order valence-electron chi connectivity index (χ3n) is 3.78. The fraction of sp³-hybridized carbons (Fsp3) is 0.0476. The van der Waals surface area contributed by atoms with Crippen molar-refractivity contribution in [2.24, 2.45) is 0 Å². The highest BCUT2D eigenvalue weighted by Crippen LogP contribution is 2.30. The fourth-order valence-corrected chi connectivity index (χ4v) is 2.77. The lowest BCUT2D eigenvalue weighted by Crippen LogP contribution is -1.96. The zero-order valence-electron chi connectivity index (χ0n) is 12.7. The number of benzene rings is 3. The van der Waals surface area contributed by atoms with Gasteiger partial charge in [-0.15, -0.1) is 0 Å². The summed E-state index contributed by atoms with van der Waals surface area (Å²) in [6.45, 7) is 0. The van der Waals surface area contributed by atoms with Crippen molar-refractivity contribution in [1.82, 2.24) is 0 Å². The van der Waals surface area contributed by atoms with Crippen molar-refractivity contribution in [2.45, 2.75) is 6.42 Å². The van der Waals surface area contributed by atoms with Crippen molar-refractivity contribution >= 4 is 22.9 Å². The normalized spacial score (nSPS) is 11.4. The van der Waals surface area contributed by atoms with Crippen LogP contribution in [0, 0.1) is 0 Å². The van der Waals surface area contributed by atoms with Crippen LogP contribution >= 0.6 is 11.6 Å². The maximum atomic E-state index is 6.20. The first-order chi connectivity index (χ1) is 11.2. The van der Waals surface area contributed by atoms with Crippen molar-refractivity contribution in [3.63, 3.8) is 0 Å². The molecule has 0 aliphatic carbocycles. The average molecular weight is 320 g/mol. The predicted molar refractivity (Wildman–Crippen MR) is 99.5 cm³/mol. The topological polar surface area (TPSA) is 26.0 Å². The molecule has 114 valence electrons. The summed E-state index contributed by atoms with van der Waals surface area (Å²) in [7, 11) is 0. The van der Waals surface area contributed by atoms with Gasteiger partial charge in [-0.25, -0.2) is 0 Å².